The van der Waals surface area contributed by atoms with Gasteiger partial charge in [-0.25, -0.2) is 14.4 Å². The third kappa shape index (κ3) is 4.21. The highest BCUT2D eigenvalue weighted by molar-refractivity contribution is 7.07. The Morgan fingerprint density at radius 2 is 1.66 bits per heavy atom. The molecule has 3 aromatic carbocycles. The fourth-order valence-corrected chi connectivity index (χ4v) is 5.30. The molecule has 186 valence electrons. The molecule has 6 aromatic rings. The summed E-state index contributed by atoms with van der Waals surface area (Å²) < 4.78 is 5.26. The van der Waals surface area contributed by atoms with Gasteiger partial charge in [0.05, 0.1) is 29.0 Å². The maximum atomic E-state index is 13.6. The Morgan fingerprint density at radius 3 is 2.47 bits per heavy atom. The predicted molar refractivity (Wildman–Crippen MR) is 153 cm³/mol. The third-order valence-corrected chi connectivity index (χ3v) is 7.29. The van der Waals surface area contributed by atoms with Crippen LogP contribution in [0.4, 0.5) is 5.69 Å². The van der Waals surface area contributed by atoms with E-state index < -0.39 is 0 Å². The van der Waals surface area contributed by atoms with Crippen molar-refractivity contribution in [1.29, 1.82) is 0 Å². The summed E-state index contributed by atoms with van der Waals surface area (Å²) in [6.07, 6.45) is 3.44. The fraction of sp³-hybridized carbons (Fsp3) is 0.0667. The lowest BCUT2D eigenvalue weighted by atomic mass is 10.0. The van der Waals surface area contributed by atoms with E-state index in [0.29, 0.717) is 10.5 Å². The van der Waals surface area contributed by atoms with Gasteiger partial charge in [-0.15, -0.1) is 11.3 Å². The minimum Gasteiger partial charge on any atom is -0.283 e. The zero-order valence-corrected chi connectivity index (χ0v) is 21.7. The molecule has 0 amide bonds. The molecule has 8 heteroatoms. The molecule has 6 rings (SSSR count). The average Bonchev–Trinajstić information content (AvgIpc) is 3.45. The molecule has 3 aromatic heterocycles. The number of rotatable bonds is 5. The number of nitrogens with zero attached hydrogens (tertiary/aromatic N) is 6. The fourth-order valence-electron chi connectivity index (χ4n) is 4.47. The lowest BCUT2D eigenvalue weighted by Crippen LogP contribution is -2.19. The molecule has 7 nitrogen and oxygen atoms in total. The van der Waals surface area contributed by atoms with Crippen molar-refractivity contribution in [3.05, 3.63) is 129 Å². The van der Waals surface area contributed by atoms with Crippen LogP contribution in [0.2, 0.25) is 0 Å². The number of thiazole rings is 1. The van der Waals surface area contributed by atoms with Gasteiger partial charge in [0.1, 0.15) is 0 Å². The summed E-state index contributed by atoms with van der Waals surface area (Å²) in [5, 5.41) is 9.08. The Balaban J connectivity index is 1.58. The first-order chi connectivity index (χ1) is 18.6. The first-order valence-corrected chi connectivity index (χ1v) is 13.0. The smallest absolute Gasteiger partial charge is 0.283 e. The van der Waals surface area contributed by atoms with Gasteiger partial charge in [-0.3, -0.25) is 14.5 Å². The number of aromatic nitrogens is 4. The molecule has 38 heavy (non-hydrogen) atoms. The SMILES string of the molecule is Cc1c(N=c2scc(-c3cccc4ccccc34)n2N=Cc2ccccn2)c(=O)n(-c2ccccc2)n1C. The second kappa shape index (κ2) is 9.91. The van der Waals surface area contributed by atoms with E-state index in [1.165, 1.54) is 11.3 Å². The van der Waals surface area contributed by atoms with Crippen molar-refractivity contribution in [3.8, 4) is 16.9 Å². The van der Waals surface area contributed by atoms with Crippen LogP contribution in [0.15, 0.2) is 117 Å². The van der Waals surface area contributed by atoms with E-state index >= 15 is 0 Å². The zero-order chi connectivity index (χ0) is 26.1. The molecule has 0 spiro atoms. The van der Waals surface area contributed by atoms with Gasteiger partial charge in [-0.1, -0.05) is 66.7 Å². The van der Waals surface area contributed by atoms with Gasteiger partial charge in [-0.05, 0) is 42.0 Å². The zero-order valence-electron chi connectivity index (χ0n) is 20.9. The second-order valence-corrected chi connectivity index (χ2v) is 9.60. The molecule has 0 aliphatic rings. The number of para-hydroxylation sites is 1. The van der Waals surface area contributed by atoms with Crippen LogP contribution in [-0.4, -0.2) is 25.2 Å². The van der Waals surface area contributed by atoms with Gasteiger partial charge in [-0.2, -0.15) is 5.10 Å². The number of pyridine rings is 1. The van der Waals surface area contributed by atoms with Crippen molar-refractivity contribution in [3.63, 3.8) is 0 Å². The Morgan fingerprint density at radius 1 is 0.895 bits per heavy atom. The highest BCUT2D eigenvalue weighted by atomic mass is 32.1. The van der Waals surface area contributed by atoms with Crippen LogP contribution in [-0.2, 0) is 7.05 Å². The van der Waals surface area contributed by atoms with E-state index in [1.54, 1.807) is 21.8 Å². The van der Waals surface area contributed by atoms with Crippen molar-refractivity contribution >= 4 is 34.0 Å². The molecule has 0 saturated carbocycles. The summed E-state index contributed by atoms with van der Waals surface area (Å²) in [5.41, 5.74) is 4.39. The maximum absolute atomic E-state index is 13.6. The molecule has 0 radical (unpaired) electrons. The standard InChI is InChI=1S/C30H24N6OS/c1-21-28(29(37)36(34(21)2)24-14-4-3-5-15-24)33-30-35(32-19-23-13-8-9-18-31-23)27(20-38-30)26-17-10-12-22-11-6-7-16-25(22)26/h3-20H,1-2H3. The quantitative estimate of drug-likeness (QED) is 0.277. The summed E-state index contributed by atoms with van der Waals surface area (Å²) in [7, 11) is 1.87. The van der Waals surface area contributed by atoms with E-state index in [-0.39, 0.29) is 5.56 Å². The highest BCUT2D eigenvalue weighted by Crippen LogP contribution is 2.29. The topological polar surface area (TPSA) is 69.5 Å². The highest BCUT2D eigenvalue weighted by Gasteiger charge is 2.17. The van der Waals surface area contributed by atoms with Crippen LogP contribution in [0.1, 0.15) is 11.4 Å². The third-order valence-electron chi connectivity index (χ3n) is 6.48. The predicted octanol–water partition coefficient (Wildman–Crippen LogP) is 5.68. The molecule has 0 aliphatic carbocycles. The first kappa shape index (κ1) is 23.6. The summed E-state index contributed by atoms with van der Waals surface area (Å²) in [6, 6.07) is 29.7. The van der Waals surface area contributed by atoms with Gasteiger partial charge >= 0.3 is 0 Å². The first-order valence-electron chi connectivity index (χ1n) is 12.1. The van der Waals surface area contributed by atoms with Crippen LogP contribution in [0.3, 0.4) is 0 Å². The van der Waals surface area contributed by atoms with Crippen LogP contribution >= 0.6 is 11.3 Å². The normalized spacial score (nSPS) is 12.1. The largest absolute Gasteiger partial charge is 0.297 e. The number of hydrogen-bond acceptors (Lipinski definition) is 5. The van der Waals surface area contributed by atoms with E-state index in [1.807, 2.05) is 90.8 Å². The van der Waals surface area contributed by atoms with E-state index in [9.17, 15) is 4.79 Å². The Hall–Kier alpha value is -4.82. The molecule has 0 N–H and O–H groups in total. The number of benzene rings is 3. The molecule has 0 bridgehead atoms. The second-order valence-electron chi connectivity index (χ2n) is 8.76. The average molecular weight is 517 g/mol. The van der Waals surface area contributed by atoms with Gasteiger partial charge in [0, 0.05) is 24.2 Å². The lowest BCUT2D eigenvalue weighted by Gasteiger charge is -2.07. The van der Waals surface area contributed by atoms with Crippen molar-refractivity contribution in [2.75, 3.05) is 0 Å². The van der Waals surface area contributed by atoms with Crippen LogP contribution in [0.5, 0.6) is 0 Å². The molecule has 0 aliphatic heterocycles. The van der Waals surface area contributed by atoms with Gasteiger partial charge in [0.25, 0.3) is 5.56 Å². The lowest BCUT2D eigenvalue weighted by molar-refractivity contribution is 0.630. The van der Waals surface area contributed by atoms with Gasteiger partial charge < -0.3 is 0 Å². The van der Waals surface area contributed by atoms with Crippen molar-refractivity contribution in [2.24, 2.45) is 17.1 Å². The Labute approximate surface area is 222 Å². The molecule has 0 saturated heterocycles. The van der Waals surface area contributed by atoms with E-state index in [2.05, 4.69) is 29.2 Å². The molecular formula is C30H24N6OS. The van der Waals surface area contributed by atoms with Crippen molar-refractivity contribution in [2.45, 2.75) is 6.92 Å². The molecule has 0 fully saturated rings. The summed E-state index contributed by atoms with van der Waals surface area (Å²) >= 11 is 1.44. The number of fused-ring (bicyclic) bond motifs is 1. The maximum Gasteiger partial charge on any atom is 0.297 e. The molecule has 0 unspecified atom stereocenters. The van der Waals surface area contributed by atoms with Crippen LogP contribution in [0, 0.1) is 6.92 Å². The molecule has 0 atom stereocenters. The monoisotopic (exact) mass is 516 g/mol. The van der Waals surface area contributed by atoms with E-state index in [0.717, 1.165) is 39.1 Å². The van der Waals surface area contributed by atoms with Gasteiger partial charge in [0.15, 0.2) is 5.69 Å². The van der Waals surface area contributed by atoms with E-state index in [4.69, 9.17) is 10.1 Å². The van der Waals surface area contributed by atoms with Crippen molar-refractivity contribution < 1.29 is 0 Å². The minimum absolute atomic E-state index is 0.184. The molecular weight excluding hydrogens is 492 g/mol. The minimum atomic E-state index is -0.184. The Kier molecular flexibility index (Phi) is 6.15. The van der Waals surface area contributed by atoms with Crippen LogP contribution < -0.4 is 10.4 Å². The van der Waals surface area contributed by atoms with Gasteiger partial charge in [0.2, 0.25) is 4.80 Å². The van der Waals surface area contributed by atoms with Crippen molar-refractivity contribution in [1.82, 2.24) is 19.0 Å². The van der Waals surface area contributed by atoms with Crippen LogP contribution in [0.25, 0.3) is 27.7 Å². The summed E-state index contributed by atoms with van der Waals surface area (Å²) in [5.74, 6) is 0. The number of hydrogen-bond donors (Lipinski definition) is 0. The Bertz CT molecular complexity index is 1900. The molecule has 3 heterocycles. The summed E-state index contributed by atoms with van der Waals surface area (Å²) in [4.78, 5) is 23.4. The summed E-state index contributed by atoms with van der Waals surface area (Å²) in [6.45, 7) is 1.90.